The molecule has 240 valence electrons. The molecule has 4 heterocycles. The summed E-state index contributed by atoms with van der Waals surface area (Å²) in [6.07, 6.45) is 3.24. The molecule has 3 aliphatic heterocycles. The highest BCUT2D eigenvalue weighted by molar-refractivity contribution is 6.32. The van der Waals surface area contributed by atoms with Crippen LogP contribution in [-0.4, -0.2) is 79.7 Å². The number of hydrogen-bond donors (Lipinski definition) is 1. The number of para-hydroxylation sites is 1. The van der Waals surface area contributed by atoms with Crippen LogP contribution in [-0.2, 0) is 33.8 Å². The number of carbonyl (C=O) groups is 1. The van der Waals surface area contributed by atoms with Gasteiger partial charge in [0.1, 0.15) is 23.9 Å². The third-order valence-electron chi connectivity index (χ3n) is 9.26. The number of rotatable bonds is 10. The number of carboxylic acids is 1. The predicted molar refractivity (Wildman–Crippen MR) is 173 cm³/mol. The molecule has 2 aromatic carbocycles. The highest BCUT2D eigenvalue weighted by Gasteiger charge is 2.35. The maximum atomic E-state index is 11.8. The number of fused-ring (bicyclic) bond motifs is 1. The minimum absolute atomic E-state index is 0.336. The summed E-state index contributed by atoms with van der Waals surface area (Å²) in [5.41, 5.74) is 5.12. The van der Waals surface area contributed by atoms with Gasteiger partial charge in [0.2, 0.25) is 0 Å². The number of carboxylic acid groups (broad SMARTS) is 1. The van der Waals surface area contributed by atoms with Gasteiger partial charge in [-0.15, -0.1) is 0 Å². The van der Waals surface area contributed by atoms with E-state index in [1.54, 1.807) is 7.11 Å². The number of ether oxygens (including phenoxy) is 4. The zero-order valence-electron chi connectivity index (χ0n) is 26.0. The summed E-state index contributed by atoms with van der Waals surface area (Å²) >= 11 is 6.72. The zero-order valence-corrected chi connectivity index (χ0v) is 26.8. The fraction of sp³-hybridized carbons (Fsp3) is 0.486. The zero-order chi connectivity index (χ0) is 31.3. The van der Waals surface area contributed by atoms with Crippen molar-refractivity contribution in [3.8, 4) is 22.8 Å². The molecule has 9 nitrogen and oxygen atoms in total. The maximum absolute atomic E-state index is 11.8. The first-order valence-corrected chi connectivity index (χ1v) is 16.3. The van der Waals surface area contributed by atoms with Gasteiger partial charge in [0.05, 0.1) is 29.8 Å². The Kier molecular flexibility index (Phi) is 10.1. The second kappa shape index (κ2) is 14.4. The lowest BCUT2D eigenvalue weighted by atomic mass is 9.93. The first-order valence-electron chi connectivity index (χ1n) is 15.9. The van der Waals surface area contributed by atoms with Crippen molar-refractivity contribution in [3.63, 3.8) is 0 Å². The van der Waals surface area contributed by atoms with E-state index in [-0.39, 0.29) is 0 Å². The Bertz CT molecular complexity index is 1480. The van der Waals surface area contributed by atoms with Gasteiger partial charge >= 0.3 is 5.97 Å². The largest absolute Gasteiger partial charge is 0.496 e. The quantitative estimate of drug-likeness (QED) is 0.295. The number of nitrogens with zero attached hydrogens (tertiary/aromatic N) is 3. The van der Waals surface area contributed by atoms with Crippen LogP contribution in [0.1, 0.15) is 42.9 Å². The van der Waals surface area contributed by atoms with E-state index in [1.165, 1.54) is 11.1 Å². The van der Waals surface area contributed by atoms with Gasteiger partial charge in [0, 0.05) is 63.2 Å². The van der Waals surface area contributed by atoms with E-state index in [4.69, 9.17) is 35.5 Å². The van der Waals surface area contributed by atoms with Crippen molar-refractivity contribution in [2.24, 2.45) is 5.92 Å². The fourth-order valence-corrected chi connectivity index (χ4v) is 7.12. The van der Waals surface area contributed by atoms with E-state index in [0.717, 1.165) is 74.0 Å². The molecular weight excluding hydrogens is 594 g/mol. The molecular formula is C35H42ClN3O6. The van der Waals surface area contributed by atoms with Crippen LogP contribution in [0.25, 0.3) is 11.3 Å². The molecule has 3 aromatic rings. The number of halogens is 1. The van der Waals surface area contributed by atoms with Crippen molar-refractivity contribution >= 4 is 23.4 Å². The van der Waals surface area contributed by atoms with E-state index in [2.05, 4.69) is 21.9 Å². The third kappa shape index (κ3) is 7.07. The number of anilines is 1. The van der Waals surface area contributed by atoms with Crippen LogP contribution in [0.4, 0.5) is 5.82 Å². The van der Waals surface area contributed by atoms with Crippen molar-refractivity contribution < 1.29 is 28.8 Å². The molecule has 3 aliphatic rings. The van der Waals surface area contributed by atoms with E-state index < -0.39 is 18.0 Å². The number of aliphatic carboxylic acids is 1. The molecule has 2 saturated heterocycles. The van der Waals surface area contributed by atoms with Crippen molar-refractivity contribution in [3.05, 3.63) is 70.2 Å². The highest BCUT2D eigenvalue weighted by Crippen LogP contribution is 2.38. The molecule has 0 radical (unpaired) electrons. The van der Waals surface area contributed by atoms with Gasteiger partial charge < -0.3 is 29.0 Å². The summed E-state index contributed by atoms with van der Waals surface area (Å²) in [5.74, 6) is 0.896. The molecule has 0 bridgehead atoms. The average molecular weight is 636 g/mol. The summed E-state index contributed by atoms with van der Waals surface area (Å²) in [4.78, 5) is 21.4. The minimum atomic E-state index is -0.816. The Morgan fingerprint density at radius 1 is 1.11 bits per heavy atom. The summed E-state index contributed by atoms with van der Waals surface area (Å²) in [6.45, 7) is 7.33. The smallest absolute Gasteiger partial charge is 0.309 e. The van der Waals surface area contributed by atoms with E-state index >= 15 is 0 Å². The first-order chi connectivity index (χ1) is 21.9. The number of hydrogen-bond acceptors (Lipinski definition) is 8. The Hall–Kier alpha value is -3.37. The van der Waals surface area contributed by atoms with Crippen LogP contribution in [0, 0.1) is 5.92 Å². The molecule has 1 N–H and O–H groups in total. The van der Waals surface area contributed by atoms with Crippen LogP contribution in [0.15, 0.2) is 48.5 Å². The van der Waals surface area contributed by atoms with Crippen molar-refractivity contribution in [1.82, 2.24) is 9.88 Å². The number of aromatic nitrogens is 1. The molecule has 0 aliphatic carbocycles. The average Bonchev–Trinajstić information content (AvgIpc) is 3.07. The monoisotopic (exact) mass is 635 g/mol. The molecule has 0 spiro atoms. The molecule has 2 fully saturated rings. The summed E-state index contributed by atoms with van der Waals surface area (Å²) in [7, 11) is 1.74. The lowest BCUT2D eigenvalue weighted by molar-refractivity contribution is -0.148. The third-order valence-corrected chi connectivity index (χ3v) is 9.56. The van der Waals surface area contributed by atoms with Gasteiger partial charge in [-0.1, -0.05) is 29.8 Å². The lowest BCUT2D eigenvalue weighted by Crippen LogP contribution is -2.48. The highest BCUT2D eigenvalue weighted by atomic mass is 35.5. The Morgan fingerprint density at radius 2 is 1.93 bits per heavy atom. The second-order valence-electron chi connectivity index (χ2n) is 12.0. The predicted octanol–water partition coefficient (Wildman–Crippen LogP) is 5.84. The van der Waals surface area contributed by atoms with Crippen LogP contribution in [0.3, 0.4) is 0 Å². The number of piperidine rings is 1. The van der Waals surface area contributed by atoms with E-state index in [9.17, 15) is 9.90 Å². The lowest BCUT2D eigenvalue weighted by Gasteiger charge is -2.38. The van der Waals surface area contributed by atoms with Crippen molar-refractivity contribution in [2.75, 3.05) is 51.5 Å². The van der Waals surface area contributed by atoms with E-state index in [0.29, 0.717) is 49.5 Å². The van der Waals surface area contributed by atoms with Gasteiger partial charge in [0.25, 0.3) is 0 Å². The molecule has 0 amide bonds. The van der Waals surface area contributed by atoms with Gasteiger partial charge in [-0.25, -0.2) is 4.98 Å². The van der Waals surface area contributed by atoms with E-state index in [1.807, 2.05) is 43.3 Å². The number of methoxy groups -OCH3 is 1. The van der Waals surface area contributed by atoms with Crippen LogP contribution >= 0.6 is 11.6 Å². The molecule has 2 atom stereocenters. The number of benzene rings is 2. The molecule has 1 aromatic heterocycles. The minimum Gasteiger partial charge on any atom is -0.496 e. The van der Waals surface area contributed by atoms with Crippen LogP contribution in [0.5, 0.6) is 11.5 Å². The summed E-state index contributed by atoms with van der Waals surface area (Å²) < 4.78 is 23.7. The molecule has 0 saturated carbocycles. The van der Waals surface area contributed by atoms with Crippen molar-refractivity contribution in [1.29, 1.82) is 0 Å². The maximum Gasteiger partial charge on any atom is 0.309 e. The number of pyridine rings is 1. The Morgan fingerprint density at radius 3 is 2.71 bits per heavy atom. The van der Waals surface area contributed by atoms with Gasteiger partial charge in [0.15, 0.2) is 0 Å². The normalized spacial score (nSPS) is 20.9. The molecule has 45 heavy (non-hydrogen) atoms. The SMILES string of the molecule is CCO[C@H]1CN(c2cccc(-c3cccc(Cl)c3OCc3cc4c(c(OC)c3)CN(C3CCOCC3)CC4)n2)CC[C@H]1C(=O)O. The molecule has 0 unspecified atom stereocenters. The first kappa shape index (κ1) is 31.6. The molecule has 10 heteroatoms. The fourth-order valence-electron chi connectivity index (χ4n) is 6.89. The van der Waals surface area contributed by atoms with Crippen LogP contribution < -0.4 is 14.4 Å². The Labute approximate surface area is 270 Å². The Balaban J connectivity index is 1.20. The van der Waals surface area contributed by atoms with Crippen molar-refractivity contribution in [2.45, 2.75) is 57.9 Å². The standard InChI is InChI=1S/C35H42ClN3O6/c1-3-44-32-21-39(15-11-27(32)35(40)41)33-9-5-8-30(37-33)26-6-4-7-29(36)34(26)45-22-23-18-24-10-14-38(25-12-16-43-17-13-25)20-28(24)31(19-23)42-2/h4-9,18-19,25,27,32H,3,10-17,20-22H2,1-2H3,(H,40,41)/t27-,32+/m1/s1. The second-order valence-corrected chi connectivity index (χ2v) is 12.4. The topological polar surface area (TPSA) is 93.6 Å². The summed E-state index contributed by atoms with van der Waals surface area (Å²) in [6, 6.07) is 16.4. The van der Waals surface area contributed by atoms with Crippen LogP contribution in [0.2, 0.25) is 5.02 Å². The summed E-state index contributed by atoms with van der Waals surface area (Å²) in [5, 5.41) is 10.2. The molecule has 6 rings (SSSR count). The van der Waals surface area contributed by atoms with Gasteiger partial charge in [-0.2, -0.15) is 0 Å². The van der Waals surface area contributed by atoms with Gasteiger partial charge in [-0.3, -0.25) is 9.69 Å². The van der Waals surface area contributed by atoms with Gasteiger partial charge in [-0.05, 0) is 74.1 Å².